The molecule has 136 valence electrons. The quantitative estimate of drug-likeness (QED) is 0.679. The lowest BCUT2D eigenvalue weighted by atomic mass is 10.0. The molecule has 1 aromatic heterocycles. The second kappa shape index (κ2) is 8.30. The van der Waals surface area contributed by atoms with Crippen LogP contribution in [0.25, 0.3) is 22.0 Å². The van der Waals surface area contributed by atoms with Crippen molar-refractivity contribution in [1.29, 1.82) is 5.26 Å². The van der Waals surface area contributed by atoms with Gasteiger partial charge in [0.15, 0.2) is 0 Å². The minimum absolute atomic E-state index is 0.102. The fraction of sp³-hybridized carbons (Fsp3) is 0.304. The number of nitriles is 1. The summed E-state index contributed by atoms with van der Waals surface area (Å²) in [6.45, 7) is 3.68. The van der Waals surface area contributed by atoms with Crippen molar-refractivity contribution < 1.29 is 0 Å². The summed E-state index contributed by atoms with van der Waals surface area (Å²) in [4.78, 5) is 6.85. The predicted octanol–water partition coefficient (Wildman–Crippen LogP) is 3.98. The zero-order chi connectivity index (χ0) is 18.5. The van der Waals surface area contributed by atoms with E-state index >= 15 is 0 Å². The first-order valence-corrected chi connectivity index (χ1v) is 9.62. The largest absolute Gasteiger partial charge is 0.311 e. The summed E-state index contributed by atoms with van der Waals surface area (Å²) in [5.74, 6) is 0. The number of rotatable bonds is 6. The average Bonchev–Trinajstić information content (AvgIpc) is 3.19. The average molecular weight is 356 g/mol. The highest BCUT2D eigenvalue weighted by Gasteiger charge is 2.23. The van der Waals surface area contributed by atoms with Crippen LogP contribution >= 0.6 is 0 Å². The molecule has 1 aliphatic heterocycles. The van der Waals surface area contributed by atoms with E-state index in [9.17, 15) is 5.26 Å². The molecule has 1 atom stereocenters. The number of likely N-dealkylation sites (tertiary alicyclic amines) is 1. The van der Waals surface area contributed by atoms with Gasteiger partial charge in [-0.3, -0.25) is 9.88 Å². The maximum absolute atomic E-state index is 9.18. The Balaban J connectivity index is 1.42. The number of nitrogens with zero attached hydrogens (tertiary/aromatic N) is 3. The molecule has 4 rings (SSSR count). The first-order chi connectivity index (χ1) is 13.3. The van der Waals surface area contributed by atoms with E-state index in [0.29, 0.717) is 0 Å². The van der Waals surface area contributed by atoms with Gasteiger partial charge in [0.25, 0.3) is 0 Å². The summed E-state index contributed by atoms with van der Waals surface area (Å²) in [6, 6.07) is 21.5. The zero-order valence-corrected chi connectivity index (χ0v) is 15.4. The predicted molar refractivity (Wildman–Crippen MR) is 109 cm³/mol. The highest BCUT2D eigenvalue weighted by Crippen LogP contribution is 2.25. The monoisotopic (exact) mass is 356 g/mol. The number of hydrogen-bond donors (Lipinski definition) is 1. The van der Waals surface area contributed by atoms with Crippen LogP contribution in [0.15, 0.2) is 60.8 Å². The number of nitrogens with one attached hydrogen (secondary N) is 1. The summed E-state index contributed by atoms with van der Waals surface area (Å²) in [7, 11) is 0. The molecule has 1 fully saturated rings. The zero-order valence-electron chi connectivity index (χ0n) is 15.4. The molecule has 1 aliphatic rings. The van der Waals surface area contributed by atoms with Crippen molar-refractivity contribution in [3.05, 3.63) is 66.4 Å². The smallest absolute Gasteiger partial charge is 0.0978 e. The van der Waals surface area contributed by atoms with Gasteiger partial charge in [-0.15, -0.1) is 0 Å². The molecular weight excluding hydrogens is 332 g/mol. The molecule has 0 aliphatic carbocycles. The fourth-order valence-corrected chi connectivity index (χ4v) is 3.86. The summed E-state index contributed by atoms with van der Waals surface area (Å²) in [5, 5.41) is 13.9. The van der Waals surface area contributed by atoms with Crippen LogP contribution in [0.1, 0.15) is 18.4 Å². The van der Waals surface area contributed by atoms with Gasteiger partial charge in [-0.2, -0.15) is 5.26 Å². The third kappa shape index (κ3) is 4.00. The summed E-state index contributed by atoms with van der Waals surface area (Å²) < 4.78 is 0. The van der Waals surface area contributed by atoms with Gasteiger partial charge >= 0.3 is 0 Å². The van der Waals surface area contributed by atoms with Crippen LogP contribution in [-0.2, 0) is 6.54 Å². The summed E-state index contributed by atoms with van der Waals surface area (Å²) >= 11 is 0. The van der Waals surface area contributed by atoms with Gasteiger partial charge in [0.2, 0.25) is 0 Å². The molecule has 1 unspecified atom stereocenters. The number of hydrogen-bond acceptors (Lipinski definition) is 4. The molecule has 0 radical (unpaired) electrons. The topological polar surface area (TPSA) is 52.0 Å². The lowest BCUT2D eigenvalue weighted by Crippen LogP contribution is -2.34. The molecule has 27 heavy (non-hydrogen) atoms. The number of aromatic nitrogens is 1. The Bertz CT molecular complexity index is 945. The Morgan fingerprint density at radius 2 is 2.00 bits per heavy atom. The van der Waals surface area contributed by atoms with Crippen molar-refractivity contribution in [2.24, 2.45) is 0 Å². The first-order valence-electron chi connectivity index (χ1n) is 9.62. The molecular formula is C23H24N4. The molecule has 2 heterocycles. The van der Waals surface area contributed by atoms with E-state index in [4.69, 9.17) is 0 Å². The van der Waals surface area contributed by atoms with Crippen LogP contribution in [-0.4, -0.2) is 35.6 Å². The van der Waals surface area contributed by atoms with Crippen molar-refractivity contribution in [3.63, 3.8) is 0 Å². The van der Waals surface area contributed by atoms with Gasteiger partial charge in [0.05, 0.1) is 17.6 Å². The fourth-order valence-electron chi connectivity index (χ4n) is 3.86. The molecule has 0 saturated carbocycles. The van der Waals surface area contributed by atoms with Crippen molar-refractivity contribution in [2.45, 2.75) is 25.4 Å². The van der Waals surface area contributed by atoms with Crippen molar-refractivity contribution in [3.8, 4) is 17.2 Å². The van der Waals surface area contributed by atoms with Gasteiger partial charge in [-0.25, -0.2) is 0 Å². The lowest BCUT2D eigenvalue weighted by Gasteiger charge is -2.19. The molecule has 1 N–H and O–H groups in total. The molecule has 2 aromatic carbocycles. The van der Waals surface area contributed by atoms with Gasteiger partial charge in [-0.05, 0) is 48.2 Å². The van der Waals surface area contributed by atoms with Gasteiger partial charge in [0.1, 0.15) is 0 Å². The van der Waals surface area contributed by atoms with Crippen LogP contribution < -0.4 is 5.32 Å². The van der Waals surface area contributed by atoms with Gasteiger partial charge in [0, 0.05) is 31.2 Å². The van der Waals surface area contributed by atoms with Crippen LogP contribution in [0, 0.1) is 11.3 Å². The molecule has 4 heteroatoms. The lowest BCUT2D eigenvalue weighted by molar-refractivity contribution is 0.293. The number of fused-ring (bicyclic) bond motifs is 1. The molecule has 0 amide bonds. The Hall–Kier alpha value is -2.74. The van der Waals surface area contributed by atoms with Crippen molar-refractivity contribution >= 4 is 10.9 Å². The normalized spacial score (nSPS) is 17.2. The molecule has 0 spiro atoms. The highest BCUT2D eigenvalue weighted by molar-refractivity contribution is 5.86. The van der Waals surface area contributed by atoms with E-state index < -0.39 is 0 Å². The van der Waals surface area contributed by atoms with Gasteiger partial charge < -0.3 is 5.32 Å². The molecule has 3 aromatic rings. The van der Waals surface area contributed by atoms with E-state index in [-0.39, 0.29) is 6.04 Å². The second-order valence-electron chi connectivity index (χ2n) is 7.07. The number of pyridine rings is 1. The Labute approximate surface area is 160 Å². The van der Waals surface area contributed by atoms with Crippen molar-refractivity contribution in [2.75, 3.05) is 19.6 Å². The van der Waals surface area contributed by atoms with Crippen LogP contribution in [0.4, 0.5) is 0 Å². The van der Waals surface area contributed by atoms with E-state index in [0.717, 1.165) is 44.5 Å². The minimum atomic E-state index is 0.102. The molecule has 4 nitrogen and oxygen atoms in total. The summed E-state index contributed by atoms with van der Waals surface area (Å²) in [5.41, 5.74) is 4.69. The Kier molecular flexibility index (Phi) is 5.43. The first kappa shape index (κ1) is 17.7. The standard InChI is InChI=1S/C23H24N4/c24-16-21-7-4-13-27(21)14-12-25-17-20-10-11-26-23-15-19(8-9-22(20)23)18-5-2-1-3-6-18/h1-3,5-6,8-11,15,21,25H,4,7,12-14,17H2. The number of benzene rings is 2. The van der Waals surface area contributed by atoms with E-state index in [1.165, 1.54) is 22.1 Å². The van der Waals surface area contributed by atoms with Crippen LogP contribution in [0.5, 0.6) is 0 Å². The third-order valence-electron chi connectivity index (χ3n) is 5.34. The Morgan fingerprint density at radius 3 is 2.85 bits per heavy atom. The van der Waals surface area contributed by atoms with E-state index in [1.807, 2.05) is 12.3 Å². The maximum atomic E-state index is 9.18. The summed E-state index contributed by atoms with van der Waals surface area (Å²) in [6.07, 6.45) is 4.03. The highest BCUT2D eigenvalue weighted by atomic mass is 15.2. The molecule has 0 bridgehead atoms. The SMILES string of the molecule is N#CC1CCCN1CCNCc1ccnc2cc(-c3ccccc3)ccc12. The van der Waals surface area contributed by atoms with Crippen molar-refractivity contribution in [1.82, 2.24) is 15.2 Å². The third-order valence-corrected chi connectivity index (χ3v) is 5.34. The minimum Gasteiger partial charge on any atom is -0.311 e. The second-order valence-corrected chi connectivity index (χ2v) is 7.07. The maximum Gasteiger partial charge on any atom is 0.0978 e. The van der Waals surface area contributed by atoms with Gasteiger partial charge in [-0.1, -0.05) is 42.5 Å². The van der Waals surface area contributed by atoms with Crippen LogP contribution in [0.3, 0.4) is 0 Å². The van der Waals surface area contributed by atoms with Crippen LogP contribution in [0.2, 0.25) is 0 Å². The molecule has 1 saturated heterocycles. The van der Waals surface area contributed by atoms with E-state index in [2.05, 4.69) is 69.8 Å². The Morgan fingerprint density at radius 1 is 1.11 bits per heavy atom. The van der Waals surface area contributed by atoms with E-state index in [1.54, 1.807) is 0 Å².